The molecule has 0 aromatic heterocycles. The van der Waals surface area contributed by atoms with Gasteiger partial charge in [0.2, 0.25) is 0 Å². The van der Waals surface area contributed by atoms with Gasteiger partial charge in [0.05, 0.1) is 0 Å². The average molecular weight is 245 g/mol. The van der Waals surface area contributed by atoms with Crippen LogP contribution in [0.3, 0.4) is 0 Å². The molecular weight excluding hydrogens is 222 g/mol. The van der Waals surface area contributed by atoms with Crippen molar-refractivity contribution in [2.75, 3.05) is 14.1 Å². The number of hydrogen-bond acceptors (Lipinski definition) is 1. The number of hydrogen-bond donors (Lipinski definition) is 2. The third-order valence-corrected chi connectivity index (χ3v) is 3.60. The summed E-state index contributed by atoms with van der Waals surface area (Å²) < 4.78 is 0. The standard InChI is InChI=1S/C15H23N3/c1-10(2)11-5-7-12(8-6-11)13-9-14(13)18-15(16-3)17-4/h5-8,10,13-14H,9H2,1-4H3,(H2,16,17,18). The van der Waals surface area contributed by atoms with E-state index in [0.29, 0.717) is 17.9 Å². The van der Waals surface area contributed by atoms with E-state index in [4.69, 9.17) is 0 Å². The Bertz CT molecular complexity index is 420. The van der Waals surface area contributed by atoms with E-state index in [9.17, 15) is 0 Å². The molecule has 0 amide bonds. The summed E-state index contributed by atoms with van der Waals surface area (Å²) in [5.74, 6) is 2.12. The van der Waals surface area contributed by atoms with Crippen LogP contribution in [-0.2, 0) is 0 Å². The van der Waals surface area contributed by atoms with Gasteiger partial charge in [-0.3, -0.25) is 4.99 Å². The highest BCUT2D eigenvalue weighted by molar-refractivity contribution is 5.80. The first-order valence-electron chi connectivity index (χ1n) is 6.66. The fraction of sp³-hybridized carbons (Fsp3) is 0.533. The van der Waals surface area contributed by atoms with Crippen LogP contribution in [0.15, 0.2) is 29.3 Å². The van der Waals surface area contributed by atoms with E-state index >= 15 is 0 Å². The normalized spacial score (nSPS) is 23.1. The molecule has 0 bridgehead atoms. The lowest BCUT2D eigenvalue weighted by atomic mass is 10.0. The molecule has 1 aromatic carbocycles. The van der Waals surface area contributed by atoms with Crippen molar-refractivity contribution in [3.8, 4) is 0 Å². The molecule has 1 saturated carbocycles. The third kappa shape index (κ3) is 2.84. The minimum Gasteiger partial charge on any atom is -0.359 e. The summed E-state index contributed by atoms with van der Waals surface area (Å²) in [5.41, 5.74) is 2.85. The zero-order valence-corrected chi connectivity index (χ0v) is 11.7. The molecule has 1 aliphatic carbocycles. The van der Waals surface area contributed by atoms with E-state index in [1.807, 2.05) is 7.05 Å². The monoisotopic (exact) mass is 245 g/mol. The lowest BCUT2D eigenvalue weighted by Gasteiger charge is -2.09. The van der Waals surface area contributed by atoms with E-state index in [2.05, 4.69) is 53.7 Å². The Kier molecular flexibility index (Phi) is 3.90. The average Bonchev–Trinajstić information content (AvgIpc) is 3.15. The predicted octanol–water partition coefficient (Wildman–Crippen LogP) is 2.46. The van der Waals surface area contributed by atoms with Crippen molar-refractivity contribution < 1.29 is 0 Å². The first kappa shape index (κ1) is 12.9. The Labute approximate surface area is 110 Å². The van der Waals surface area contributed by atoms with Crippen molar-refractivity contribution in [1.82, 2.24) is 10.6 Å². The maximum Gasteiger partial charge on any atom is 0.190 e. The van der Waals surface area contributed by atoms with Crippen molar-refractivity contribution in [2.24, 2.45) is 4.99 Å². The second-order valence-electron chi connectivity index (χ2n) is 5.24. The second kappa shape index (κ2) is 5.42. The molecule has 2 unspecified atom stereocenters. The predicted molar refractivity (Wildman–Crippen MR) is 77.2 cm³/mol. The molecule has 0 saturated heterocycles. The summed E-state index contributed by atoms with van der Waals surface area (Å²) in [7, 11) is 3.69. The highest BCUT2D eigenvalue weighted by atomic mass is 15.2. The van der Waals surface area contributed by atoms with E-state index in [0.717, 1.165) is 5.96 Å². The van der Waals surface area contributed by atoms with Crippen molar-refractivity contribution in [3.05, 3.63) is 35.4 Å². The van der Waals surface area contributed by atoms with Gasteiger partial charge >= 0.3 is 0 Å². The molecule has 1 aromatic rings. The zero-order valence-electron chi connectivity index (χ0n) is 11.7. The summed E-state index contributed by atoms with van der Waals surface area (Å²) in [5, 5.41) is 6.47. The molecule has 2 N–H and O–H groups in total. The highest BCUT2D eigenvalue weighted by Gasteiger charge is 2.38. The van der Waals surface area contributed by atoms with Gasteiger partial charge in [-0.2, -0.15) is 0 Å². The van der Waals surface area contributed by atoms with Gasteiger partial charge in [-0.05, 0) is 23.5 Å². The molecule has 1 aliphatic rings. The minimum atomic E-state index is 0.529. The van der Waals surface area contributed by atoms with Crippen molar-refractivity contribution in [1.29, 1.82) is 0 Å². The molecule has 3 nitrogen and oxygen atoms in total. The second-order valence-corrected chi connectivity index (χ2v) is 5.24. The summed E-state index contributed by atoms with van der Waals surface area (Å²) >= 11 is 0. The lowest BCUT2D eigenvalue weighted by molar-refractivity contribution is 0.829. The van der Waals surface area contributed by atoms with Crippen LogP contribution in [0.4, 0.5) is 0 Å². The van der Waals surface area contributed by atoms with E-state index < -0.39 is 0 Å². The molecular formula is C15H23N3. The van der Waals surface area contributed by atoms with Crippen LogP contribution >= 0.6 is 0 Å². The topological polar surface area (TPSA) is 36.4 Å². The fourth-order valence-corrected chi connectivity index (χ4v) is 2.28. The number of benzene rings is 1. The van der Waals surface area contributed by atoms with Gasteiger partial charge in [-0.15, -0.1) is 0 Å². The molecule has 18 heavy (non-hydrogen) atoms. The minimum absolute atomic E-state index is 0.529. The number of guanidine groups is 1. The van der Waals surface area contributed by atoms with Crippen molar-refractivity contribution >= 4 is 5.96 Å². The van der Waals surface area contributed by atoms with Crippen LogP contribution in [-0.4, -0.2) is 26.1 Å². The van der Waals surface area contributed by atoms with Crippen LogP contribution in [0.1, 0.15) is 43.2 Å². The Balaban J connectivity index is 1.95. The molecule has 3 heteroatoms. The lowest BCUT2D eigenvalue weighted by Crippen LogP contribution is -2.36. The number of nitrogens with zero attached hydrogens (tertiary/aromatic N) is 1. The van der Waals surface area contributed by atoms with Gasteiger partial charge in [0.15, 0.2) is 5.96 Å². The van der Waals surface area contributed by atoms with E-state index in [-0.39, 0.29) is 0 Å². The highest BCUT2D eigenvalue weighted by Crippen LogP contribution is 2.40. The first-order chi connectivity index (χ1) is 8.65. The number of nitrogens with one attached hydrogen (secondary N) is 2. The van der Waals surface area contributed by atoms with Gasteiger partial charge in [-0.1, -0.05) is 38.1 Å². The quantitative estimate of drug-likeness (QED) is 0.634. The molecule has 98 valence electrons. The largest absolute Gasteiger partial charge is 0.359 e. The van der Waals surface area contributed by atoms with Crippen molar-refractivity contribution in [3.63, 3.8) is 0 Å². The smallest absolute Gasteiger partial charge is 0.190 e. The summed E-state index contributed by atoms with van der Waals surface area (Å²) in [6.07, 6.45) is 1.20. The number of aliphatic imine (C=N–C) groups is 1. The van der Waals surface area contributed by atoms with Crippen LogP contribution in [0, 0.1) is 0 Å². The molecule has 2 rings (SSSR count). The maximum absolute atomic E-state index is 4.15. The van der Waals surface area contributed by atoms with E-state index in [1.54, 1.807) is 7.05 Å². The van der Waals surface area contributed by atoms with Gasteiger partial charge in [0.1, 0.15) is 0 Å². The molecule has 1 fully saturated rings. The van der Waals surface area contributed by atoms with Crippen LogP contribution < -0.4 is 10.6 Å². The van der Waals surface area contributed by atoms with Gasteiger partial charge in [-0.25, -0.2) is 0 Å². The Morgan fingerprint density at radius 2 is 1.94 bits per heavy atom. The maximum atomic E-state index is 4.15. The Morgan fingerprint density at radius 3 is 2.44 bits per heavy atom. The third-order valence-electron chi connectivity index (χ3n) is 3.60. The van der Waals surface area contributed by atoms with Crippen molar-refractivity contribution in [2.45, 2.75) is 38.1 Å². The molecule has 0 spiro atoms. The number of rotatable bonds is 3. The summed E-state index contributed by atoms with van der Waals surface area (Å²) in [4.78, 5) is 4.15. The SMILES string of the molecule is CN=C(NC)NC1CC1c1ccc(C(C)C)cc1. The molecule has 2 atom stereocenters. The van der Waals surface area contributed by atoms with Crippen LogP contribution in [0.25, 0.3) is 0 Å². The first-order valence-corrected chi connectivity index (χ1v) is 6.66. The van der Waals surface area contributed by atoms with Crippen LogP contribution in [0.5, 0.6) is 0 Å². The van der Waals surface area contributed by atoms with E-state index in [1.165, 1.54) is 17.5 Å². The summed E-state index contributed by atoms with van der Waals surface area (Å²) in [6.45, 7) is 4.46. The Hall–Kier alpha value is -1.51. The molecule has 0 aliphatic heterocycles. The summed E-state index contributed by atoms with van der Waals surface area (Å²) in [6, 6.07) is 9.57. The Morgan fingerprint density at radius 1 is 1.28 bits per heavy atom. The van der Waals surface area contributed by atoms with Gasteiger partial charge in [0, 0.05) is 26.1 Å². The zero-order chi connectivity index (χ0) is 13.1. The van der Waals surface area contributed by atoms with Gasteiger partial charge < -0.3 is 10.6 Å². The molecule has 0 heterocycles. The molecule has 0 radical (unpaired) electrons. The fourth-order valence-electron chi connectivity index (χ4n) is 2.28. The van der Waals surface area contributed by atoms with Crippen LogP contribution in [0.2, 0.25) is 0 Å². The van der Waals surface area contributed by atoms with Gasteiger partial charge in [0.25, 0.3) is 0 Å².